The molecule has 0 saturated carbocycles. The highest BCUT2D eigenvalue weighted by Crippen LogP contribution is 2.36. The highest BCUT2D eigenvalue weighted by atomic mass is 32.1. The van der Waals surface area contributed by atoms with Crippen LogP contribution in [0.1, 0.15) is 25.1 Å². The molecule has 0 bridgehead atoms. The number of thiophene rings is 1. The van der Waals surface area contributed by atoms with Crippen molar-refractivity contribution in [2.75, 3.05) is 5.32 Å². The summed E-state index contributed by atoms with van der Waals surface area (Å²) in [6.07, 6.45) is 4.43. The fourth-order valence-electron chi connectivity index (χ4n) is 4.22. The van der Waals surface area contributed by atoms with Gasteiger partial charge in [0.25, 0.3) is 0 Å². The summed E-state index contributed by atoms with van der Waals surface area (Å²) in [5.74, 6) is 0.669. The molecule has 0 aliphatic rings. The van der Waals surface area contributed by atoms with E-state index in [-0.39, 0.29) is 0 Å². The maximum absolute atomic E-state index is 4.97. The Labute approximate surface area is 218 Å². The van der Waals surface area contributed by atoms with Crippen LogP contribution in [-0.4, -0.2) is 30.1 Å². The van der Waals surface area contributed by atoms with E-state index in [0.717, 1.165) is 67.1 Å². The quantitative estimate of drug-likeness (QED) is 0.208. The maximum Gasteiger partial charge on any atom is 0.161 e. The number of imidazole rings is 1. The summed E-state index contributed by atoms with van der Waals surface area (Å²) in [6.45, 7) is 12.2. The van der Waals surface area contributed by atoms with Gasteiger partial charge in [-0.25, -0.2) is 9.97 Å². The zero-order valence-corrected chi connectivity index (χ0v) is 21.4. The zero-order valence-electron chi connectivity index (χ0n) is 20.6. The largest absolute Gasteiger partial charge is 0.358 e. The summed E-state index contributed by atoms with van der Waals surface area (Å²) in [4.78, 5) is 20.1. The van der Waals surface area contributed by atoms with Crippen molar-refractivity contribution in [1.82, 2.24) is 30.1 Å². The number of nitrogens with zero attached hydrogens (tertiary/aromatic N) is 4. The molecule has 6 rings (SSSR count). The number of aromatic nitrogens is 6. The number of H-pyrrole nitrogens is 2. The highest BCUT2D eigenvalue weighted by Gasteiger charge is 2.17. The molecule has 0 saturated heterocycles. The van der Waals surface area contributed by atoms with Gasteiger partial charge in [0.05, 0.1) is 34.1 Å². The van der Waals surface area contributed by atoms with Crippen molar-refractivity contribution in [3.8, 4) is 33.2 Å². The normalized spacial score (nSPS) is 11.3. The van der Waals surface area contributed by atoms with Crippen molar-refractivity contribution >= 4 is 44.7 Å². The Morgan fingerprint density at radius 3 is 2.70 bits per heavy atom. The molecule has 0 spiro atoms. The second-order valence-corrected chi connectivity index (χ2v) is 10.0. The maximum atomic E-state index is 4.97. The van der Waals surface area contributed by atoms with Gasteiger partial charge in [0.2, 0.25) is 0 Å². The number of benzene rings is 1. The minimum atomic E-state index is 0.669. The molecule has 37 heavy (non-hydrogen) atoms. The van der Waals surface area contributed by atoms with Crippen LogP contribution in [0.15, 0.2) is 79.8 Å². The van der Waals surface area contributed by atoms with Gasteiger partial charge in [0.1, 0.15) is 5.52 Å². The molecule has 0 radical (unpaired) electrons. The number of allylic oxidation sites excluding steroid dienone is 2. The molecule has 6 aromatic rings. The molecule has 3 N–H and O–H groups in total. The molecular formula is C29H25N7S. The van der Waals surface area contributed by atoms with Gasteiger partial charge >= 0.3 is 0 Å². The molecular weight excluding hydrogens is 478 g/mol. The van der Waals surface area contributed by atoms with Gasteiger partial charge in [-0.1, -0.05) is 32.2 Å². The van der Waals surface area contributed by atoms with Gasteiger partial charge in [0, 0.05) is 32.8 Å². The van der Waals surface area contributed by atoms with Crippen LogP contribution in [0, 0.1) is 0 Å². The topological polar surface area (TPSA) is 95.2 Å². The fourth-order valence-corrected chi connectivity index (χ4v) is 5.18. The first kappa shape index (κ1) is 22.9. The van der Waals surface area contributed by atoms with Crippen molar-refractivity contribution in [2.24, 2.45) is 0 Å². The molecule has 182 valence electrons. The van der Waals surface area contributed by atoms with Crippen LogP contribution < -0.4 is 5.32 Å². The fraction of sp³-hybridized carbons (Fsp3) is 0.103. The van der Waals surface area contributed by atoms with Gasteiger partial charge in [-0.05, 0) is 55.3 Å². The van der Waals surface area contributed by atoms with E-state index in [0.29, 0.717) is 11.5 Å². The molecule has 5 heterocycles. The van der Waals surface area contributed by atoms with Crippen LogP contribution in [0.5, 0.6) is 0 Å². The number of rotatable bonds is 7. The summed E-state index contributed by atoms with van der Waals surface area (Å²) in [5.41, 5.74) is 9.77. The van der Waals surface area contributed by atoms with Crippen molar-refractivity contribution in [3.05, 3.63) is 84.7 Å². The first-order valence-corrected chi connectivity index (χ1v) is 12.8. The first-order chi connectivity index (χ1) is 18.0. The molecule has 0 aliphatic carbocycles. The predicted octanol–water partition coefficient (Wildman–Crippen LogP) is 7.66. The van der Waals surface area contributed by atoms with E-state index in [1.807, 2.05) is 43.5 Å². The summed E-state index contributed by atoms with van der Waals surface area (Å²) in [7, 11) is 0. The van der Waals surface area contributed by atoms with Crippen molar-refractivity contribution in [2.45, 2.75) is 20.3 Å². The lowest BCUT2D eigenvalue weighted by Gasteiger charge is -2.08. The van der Waals surface area contributed by atoms with Crippen molar-refractivity contribution < 1.29 is 0 Å². The SMILES string of the molecule is C=C(CC)Nc1cncc(-c2ccc3[nH]nc(-c4nc5c(-c6ccc(C(=C)C)s6)cccc5[nH]4)c3n2)c1. The van der Waals surface area contributed by atoms with Crippen LogP contribution >= 0.6 is 11.3 Å². The second-order valence-electron chi connectivity index (χ2n) is 8.94. The smallest absolute Gasteiger partial charge is 0.161 e. The summed E-state index contributed by atoms with van der Waals surface area (Å²) in [5, 5.41) is 11.0. The van der Waals surface area contributed by atoms with E-state index in [9.17, 15) is 0 Å². The number of pyridine rings is 2. The lowest BCUT2D eigenvalue weighted by atomic mass is 10.1. The number of hydrogen-bond donors (Lipinski definition) is 3. The second kappa shape index (κ2) is 9.15. The summed E-state index contributed by atoms with van der Waals surface area (Å²) < 4.78 is 0. The molecule has 5 aromatic heterocycles. The molecule has 0 fully saturated rings. The molecule has 8 heteroatoms. The van der Waals surface area contributed by atoms with Crippen LogP contribution in [0.4, 0.5) is 5.69 Å². The molecule has 1 aromatic carbocycles. The average Bonchev–Trinajstić information content (AvgIpc) is 3.66. The van der Waals surface area contributed by atoms with Crippen LogP contribution in [0.2, 0.25) is 0 Å². The van der Waals surface area contributed by atoms with E-state index in [2.05, 4.69) is 63.8 Å². The van der Waals surface area contributed by atoms with Crippen LogP contribution in [0.3, 0.4) is 0 Å². The minimum absolute atomic E-state index is 0.669. The van der Waals surface area contributed by atoms with Gasteiger partial charge in [-0.3, -0.25) is 10.1 Å². The molecule has 0 atom stereocenters. The van der Waals surface area contributed by atoms with E-state index < -0.39 is 0 Å². The number of fused-ring (bicyclic) bond motifs is 2. The van der Waals surface area contributed by atoms with Crippen molar-refractivity contribution in [3.63, 3.8) is 0 Å². The third-order valence-electron chi connectivity index (χ3n) is 6.22. The standard InChI is InChI=1S/C29H25N7S/c1-5-17(4)31-19-13-18(14-30-15-19)21-9-10-23-27(32-21)28(36-35-23)29-33-22-8-6-7-20(26(22)34-29)25-12-11-24(37-25)16(2)3/h6-15,31H,2,4-5H2,1,3H3,(H,33,34)(H,35,36). The molecule has 0 aliphatic heterocycles. The van der Waals surface area contributed by atoms with Gasteiger partial charge in [-0.2, -0.15) is 5.10 Å². The Bertz CT molecular complexity index is 1800. The van der Waals surface area contributed by atoms with Gasteiger partial charge < -0.3 is 10.3 Å². The third-order valence-corrected chi connectivity index (χ3v) is 7.50. The van der Waals surface area contributed by atoms with Crippen LogP contribution in [0.25, 0.3) is 60.9 Å². The number of hydrogen-bond acceptors (Lipinski definition) is 6. The van der Waals surface area contributed by atoms with E-state index >= 15 is 0 Å². The first-order valence-electron chi connectivity index (χ1n) is 12.0. The monoisotopic (exact) mass is 503 g/mol. The Hall–Kier alpha value is -4.56. The predicted molar refractivity (Wildman–Crippen MR) is 153 cm³/mol. The lowest BCUT2D eigenvalue weighted by molar-refractivity contribution is 1.10. The van der Waals surface area contributed by atoms with E-state index in [4.69, 9.17) is 9.97 Å². The molecule has 7 nitrogen and oxygen atoms in total. The third kappa shape index (κ3) is 4.21. The Morgan fingerprint density at radius 2 is 1.89 bits per heavy atom. The van der Waals surface area contributed by atoms with Crippen LogP contribution in [-0.2, 0) is 0 Å². The Balaban J connectivity index is 1.42. The van der Waals surface area contributed by atoms with Gasteiger partial charge in [-0.15, -0.1) is 11.3 Å². The molecule has 0 unspecified atom stereocenters. The lowest BCUT2D eigenvalue weighted by Crippen LogP contribution is -1.97. The average molecular weight is 504 g/mol. The Kier molecular flexibility index (Phi) is 5.65. The zero-order chi connectivity index (χ0) is 25.5. The van der Waals surface area contributed by atoms with Gasteiger partial charge in [0.15, 0.2) is 11.5 Å². The van der Waals surface area contributed by atoms with E-state index in [1.165, 1.54) is 4.88 Å². The highest BCUT2D eigenvalue weighted by molar-refractivity contribution is 7.16. The summed E-state index contributed by atoms with van der Waals surface area (Å²) in [6, 6.07) is 16.4. The number of anilines is 1. The van der Waals surface area contributed by atoms with E-state index in [1.54, 1.807) is 17.5 Å². The number of para-hydroxylation sites is 1. The number of aromatic amines is 2. The number of nitrogens with one attached hydrogen (secondary N) is 3. The Morgan fingerprint density at radius 1 is 1.00 bits per heavy atom. The molecule has 0 amide bonds. The van der Waals surface area contributed by atoms with Crippen molar-refractivity contribution in [1.29, 1.82) is 0 Å². The minimum Gasteiger partial charge on any atom is -0.358 e. The summed E-state index contributed by atoms with van der Waals surface area (Å²) >= 11 is 1.72.